The van der Waals surface area contributed by atoms with E-state index in [9.17, 15) is 9.59 Å². The van der Waals surface area contributed by atoms with Crippen molar-refractivity contribution in [2.24, 2.45) is 5.92 Å². The Hall–Kier alpha value is -1.33. The van der Waals surface area contributed by atoms with Gasteiger partial charge in [-0.2, -0.15) is 0 Å². The van der Waals surface area contributed by atoms with E-state index in [1.807, 2.05) is 0 Å². The van der Waals surface area contributed by atoms with Gasteiger partial charge in [0.1, 0.15) is 10.7 Å². The molecule has 2 heterocycles. The van der Waals surface area contributed by atoms with Gasteiger partial charge in [0.15, 0.2) is 0 Å². The summed E-state index contributed by atoms with van der Waals surface area (Å²) in [7, 11) is 0. The van der Waals surface area contributed by atoms with Crippen LogP contribution in [0.15, 0.2) is 12.3 Å². The van der Waals surface area contributed by atoms with Crippen molar-refractivity contribution >= 4 is 40.8 Å². The molecule has 1 aliphatic rings. The van der Waals surface area contributed by atoms with Crippen LogP contribution in [0, 0.1) is 5.92 Å². The van der Waals surface area contributed by atoms with Crippen molar-refractivity contribution in [3.63, 3.8) is 0 Å². The molecule has 1 atom stereocenters. The van der Waals surface area contributed by atoms with Crippen molar-refractivity contribution in [2.45, 2.75) is 6.42 Å². The molecule has 1 amide bonds. The number of aromatic carboxylic acids is 1. The number of anilines is 1. The van der Waals surface area contributed by atoms with Crippen molar-refractivity contribution in [3.8, 4) is 0 Å². The first-order chi connectivity index (χ1) is 8.52. The summed E-state index contributed by atoms with van der Waals surface area (Å²) in [5, 5.41) is 9.23. The first kappa shape index (κ1) is 13.1. The lowest BCUT2D eigenvalue weighted by Gasteiger charge is -2.18. The third kappa shape index (κ3) is 2.42. The number of nitrogens with zero attached hydrogens (tertiary/aromatic N) is 2. The topological polar surface area (TPSA) is 70.5 Å². The molecule has 0 aromatic carbocycles. The van der Waals surface area contributed by atoms with Crippen LogP contribution in [-0.4, -0.2) is 34.4 Å². The van der Waals surface area contributed by atoms with Gasteiger partial charge in [0.25, 0.3) is 0 Å². The molecule has 0 radical (unpaired) electrons. The van der Waals surface area contributed by atoms with E-state index in [1.54, 1.807) is 0 Å². The maximum absolute atomic E-state index is 11.8. The summed E-state index contributed by atoms with van der Waals surface area (Å²) in [5.74, 6) is -0.891. The van der Waals surface area contributed by atoms with Crippen LogP contribution < -0.4 is 4.90 Å². The fourth-order valence-electron chi connectivity index (χ4n) is 1.93. The Labute approximate surface area is 113 Å². The zero-order valence-electron chi connectivity index (χ0n) is 9.27. The van der Waals surface area contributed by atoms with Crippen molar-refractivity contribution in [1.29, 1.82) is 0 Å². The van der Waals surface area contributed by atoms with Gasteiger partial charge in [-0.25, -0.2) is 9.78 Å². The van der Waals surface area contributed by atoms with Gasteiger partial charge < -0.3 is 10.0 Å². The van der Waals surface area contributed by atoms with E-state index < -0.39 is 5.97 Å². The summed E-state index contributed by atoms with van der Waals surface area (Å²) in [6.07, 6.45) is 1.48. The monoisotopic (exact) mass is 288 g/mol. The molecule has 96 valence electrons. The summed E-state index contributed by atoms with van der Waals surface area (Å²) in [5.41, 5.74) is 0.239. The normalized spacial score (nSPS) is 19.3. The Bertz CT molecular complexity index is 507. The Morgan fingerprint density at radius 3 is 2.89 bits per heavy atom. The number of hydrogen-bond donors (Lipinski definition) is 1. The van der Waals surface area contributed by atoms with Crippen LogP contribution in [0.25, 0.3) is 0 Å². The van der Waals surface area contributed by atoms with Gasteiger partial charge in [0, 0.05) is 31.1 Å². The van der Waals surface area contributed by atoms with Crippen LogP contribution in [0.4, 0.5) is 5.69 Å². The number of amides is 1. The minimum atomic E-state index is -1.14. The highest BCUT2D eigenvalue weighted by atomic mass is 35.5. The Morgan fingerprint density at radius 2 is 2.33 bits per heavy atom. The lowest BCUT2D eigenvalue weighted by molar-refractivity contribution is -0.117. The van der Waals surface area contributed by atoms with E-state index >= 15 is 0 Å². The van der Waals surface area contributed by atoms with Crippen LogP contribution in [0.3, 0.4) is 0 Å². The molecule has 0 saturated carbocycles. The number of carboxylic acids is 1. The third-order valence-electron chi connectivity index (χ3n) is 2.79. The van der Waals surface area contributed by atoms with Crippen molar-refractivity contribution in [3.05, 3.63) is 23.0 Å². The maximum Gasteiger partial charge on any atom is 0.339 e. The molecule has 7 heteroatoms. The number of carbonyl (C=O) groups excluding carboxylic acids is 1. The summed E-state index contributed by atoms with van der Waals surface area (Å²) in [6, 6.07) is 1.39. The molecule has 1 unspecified atom stereocenters. The molecule has 1 aromatic heterocycles. The largest absolute Gasteiger partial charge is 0.478 e. The number of carbonyl (C=O) groups is 2. The number of alkyl halides is 1. The molecule has 1 fully saturated rings. The van der Waals surface area contributed by atoms with Gasteiger partial charge in [-0.3, -0.25) is 4.79 Å². The second-order valence-corrected chi connectivity index (χ2v) is 4.75. The summed E-state index contributed by atoms with van der Waals surface area (Å²) < 4.78 is 0. The van der Waals surface area contributed by atoms with Gasteiger partial charge in [0.2, 0.25) is 5.91 Å². The van der Waals surface area contributed by atoms with Gasteiger partial charge in [0.05, 0.1) is 5.69 Å². The molecule has 18 heavy (non-hydrogen) atoms. The summed E-state index contributed by atoms with van der Waals surface area (Å²) >= 11 is 11.5. The lowest BCUT2D eigenvalue weighted by atomic mass is 10.1. The number of hydrogen-bond acceptors (Lipinski definition) is 3. The Morgan fingerprint density at radius 1 is 1.61 bits per heavy atom. The van der Waals surface area contributed by atoms with Crippen LogP contribution in [0.1, 0.15) is 16.8 Å². The molecular formula is C11H10Cl2N2O3. The number of halogens is 2. The standard InChI is InChI=1S/C11H10Cl2N2O3/c12-3-6-1-10(16)15(5-6)8-2-9(13)14-4-7(8)11(17)18/h2,4,6H,1,3,5H2,(H,17,18). The molecule has 0 spiro atoms. The van der Waals surface area contributed by atoms with Crippen LogP contribution in [0.5, 0.6) is 0 Å². The second kappa shape index (κ2) is 5.12. The second-order valence-electron chi connectivity index (χ2n) is 4.06. The predicted molar refractivity (Wildman–Crippen MR) is 67.4 cm³/mol. The SMILES string of the molecule is O=C(O)c1cnc(Cl)cc1N1CC(CCl)CC1=O. The molecular weight excluding hydrogens is 279 g/mol. The number of pyridine rings is 1. The maximum atomic E-state index is 11.8. The highest BCUT2D eigenvalue weighted by Crippen LogP contribution is 2.30. The number of aromatic nitrogens is 1. The van der Waals surface area contributed by atoms with E-state index in [-0.39, 0.29) is 28.2 Å². The van der Waals surface area contributed by atoms with Crippen molar-refractivity contribution in [2.75, 3.05) is 17.3 Å². The average molecular weight is 289 g/mol. The van der Waals surface area contributed by atoms with Gasteiger partial charge in [-0.05, 0) is 5.92 Å². The summed E-state index contributed by atoms with van der Waals surface area (Å²) in [6.45, 7) is 0.406. The quantitative estimate of drug-likeness (QED) is 0.682. The van der Waals surface area contributed by atoms with Gasteiger partial charge >= 0.3 is 5.97 Å². The first-order valence-corrected chi connectivity index (χ1v) is 6.19. The lowest BCUT2D eigenvalue weighted by Crippen LogP contribution is -2.26. The van der Waals surface area contributed by atoms with E-state index in [1.165, 1.54) is 11.0 Å². The van der Waals surface area contributed by atoms with Gasteiger partial charge in [-0.1, -0.05) is 11.6 Å². The molecule has 5 nitrogen and oxygen atoms in total. The molecule has 0 aliphatic carbocycles. The average Bonchev–Trinajstić information content (AvgIpc) is 2.70. The third-order valence-corrected chi connectivity index (χ3v) is 3.44. The smallest absolute Gasteiger partial charge is 0.339 e. The number of carboxylic acid groups (broad SMARTS) is 1. The number of rotatable bonds is 3. The first-order valence-electron chi connectivity index (χ1n) is 5.28. The van der Waals surface area contributed by atoms with Crippen LogP contribution in [-0.2, 0) is 4.79 Å². The molecule has 1 aromatic rings. The Kier molecular flexibility index (Phi) is 3.73. The summed E-state index contributed by atoms with van der Waals surface area (Å²) in [4.78, 5) is 28.1. The van der Waals surface area contributed by atoms with E-state index in [0.717, 1.165) is 6.20 Å². The fourth-order valence-corrected chi connectivity index (χ4v) is 2.28. The highest BCUT2D eigenvalue weighted by Gasteiger charge is 2.32. The zero-order valence-corrected chi connectivity index (χ0v) is 10.8. The zero-order chi connectivity index (χ0) is 13.3. The predicted octanol–water partition coefficient (Wildman–Crippen LogP) is 2.02. The van der Waals surface area contributed by atoms with E-state index in [2.05, 4.69) is 4.98 Å². The Balaban J connectivity index is 2.41. The van der Waals surface area contributed by atoms with E-state index in [4.69, 9.17) is 28.3 Å². The van der Waals surface area contributed by atoms with Crippen LogP contribution in [0.2, 0.25) is 5.15 Å². The van der Waals surface area contributed by atoms with Crippen LogP contribution >= 0.6 is 23.2 Å². The van der Waals surface area contributed by atoms with Crippen molar-refractivity contribution in [1.82, 2.24) is 4.98 Å². The molecule has 1 saturated heterocycles. The fraction of sp³-hybridized carbons (Fsp3) is 0.364. The van der Waals surface area contributed by atoms with Crippen molar-refractivity contribution < 1.29 is 14.7 Å². The highest BCUT2D eigenvalue weighted by molar-refractivity contribution is 6.30. The minimum Gasteiger partial charge on any atom is -0.478 e. The molecule has 1 aliphatic heterocycles. The van der Waals surface area contributed by atoms with E-state index in [0.29, 0.717) is 18.8 Å². The molecule has 1 N–H and O–H groups in total. The minimum absolute atomic E-state index is 0.0350. The van der Waals surface area contributed by atoms with Gasteiger partial charge in [-0.15, -0.1) is 11.6 Å². The molecule has 0 bridgehead atoms. The molecule has 2 rings (SSSR count).